The van der Waals surface area contributed by atoms with Gasteiger partial charge in [-0.3, -0.25) is 0 Å². The molecule has 0 aliphatic carbocycles. The number of carbonyl (C=O) groups is 1. The Bertz CT molecular complexity index is 461. The van der Waals surface area contributed by atoms with E-state index in [-0.39, 0.29) is 11.8 Å². The molecule has 2 rings (SSSR count). The van der Waals surface area contributed by atoms with Crippen LogP contribution in [0.2, 0.25) is 0 Å². The van der Waals surface area contributed by atoms with E-state index in [4.69, 9.17) is 9.52 Å². The van der Waals surface area contributed by atoms with Gasteiger partial charge in [0.2, 0.25) is 5.76 Å². The standard InChI is InChI=1S/C9H9N3O3/c1-6(12-5-10-4-11-12)7-2-3-8(15-7)9(13)14/h2-6H,1H3,(H,13,14). The van der Waals surface area contributed by atoms with Crippen LogP contribution < -0.4 is 0 Å². The zero-order valence-electron chi connectivity index (χ0n) is 7.99. The zero-order valence-corrected chi connectivity index (χ0v) is 7.99. The van der Waals surface area contributed by atoms with E-state index in [0.717, 1.165) is 0 Å². The summed E-state index contributed by atoms with van der Waals surface area (Å²) in [4.78, 5) is 14.4. The van der Waals surface area contributed by atoms with Gasteiger partial charge in [-0.05, 0) is 19.1 Å². The molecule has 0 amide bonds. The first-order valence-electron chi connectivity index (χ1n) is 4.35. The molecule has 0 saturated heterocycles. The van der Waals surface area contributed by atoms with Crippen molar-refractivity contribution in [1.82, 2.24) is 14.8 Å². The largest absolute Gasteiger partial charge is 0.475 e. The summed E-state index contributed by atoms with van der Waals surface area (Å²) in [7, 11) is 0. The Morgan fingerprint density at radius 2 is 2.40 bits per heavy atom. The maximum atomic E-state index is 10.6. The number of hydrogen-bond acceptors (Lipinski definition) is 4. The number of nitrogens with zero attached hydrogens (tertiary/aromatic N) is 3. The van der Waals surface area contributed by atoms with Gasteiger partial charge in [-0.25, -0.2) is 14.5 Å². The first kappa shape index (κ1) is 9.45. The highest BCUT2D eigenvalue weighted by molar-refractivity contribution is 5.84. The first-order chi connectivity index (χ1) is 7.18. The molecule has 6 heteroatoms. The highest BCUT2D eigenvalue weighted by Crippen LogP contribution is 2.19. The summed E-state index contributed by atoms with van der Waals surface area (Å²) in [5.74, 6) is -0.609. The Balaban J connectivity index is 2.26. The molecule has 78 valence electrons. The monoisotopic (exact) mass is 207 g/mol. The topological polar surface area (TPSA) is 81.1 Å². The summed E-state index contributed by atoms with van der Waals surface area (Å²) in [5.41, 5.74) is 0. The van der Waals surface area contributed by atoms with Crippen molar-refractivity contribution in [3.05, 3.63) is 36.3 Å². The van der Waals surface area contributed by atoms with Crippen LogP contribution in [-0.4, -0.2) is 25.8 Å². The second kappa shape index (κ2) is 3.56. The second-order valence-electron chi connectivity index (χ2n) is 3.06. The van der Waals surface area contributed by atoms with Crippen molar-refractivity contribution in [2.45, 2.75) is 13.0 Å². The molecule has 0 aliphatic rings. The van der Waals surface area contributed by atoms with Gasteiger partial charge in [0.25, 0.3) is 0 Å². The minimum atomic E-state index is -1.08. The average molecular weight is 207 g/mol. The number of aromatic nitrogens is 3. The lowest BCUT2D eigenvalue weighted by Gasteiger charge is -2.07. The van der Waals surface area contributed by atoms with Gasteiger partial charge in [0.05, 0.1) is 0 Å². The number of hydrogen-bond donors (Lipinski definition) is 1. The maximum absolute atomic E-state index is 10.6. The van der Waals surface area contributed by atoms with Gasteiger partial charge in [0, 0.05) is 0 Å². The highest BCUT2D eigenvalue weighted by Gasteiger charge is 2.15. The van der Waals surface area contributed by atoms with E-state index in [1.807, 2.05) is 6.92 Å². The van der Waals surface area contributed by atoms with Crippen LogP contribution in [0.1, 0.15) is 29.3 Å². The van der Waals surface area contributed by atoms with Crippen molar-refractivity contribution < 1.29 is 14.3 Å². The van der Waals surface area contributed by atoms with Crippen LogP contribution in [0.15, 0.2) is 29.2 Å². The van der Waals surface area contributed by atoms with E-state index in [1.54, 1.807) is 17.1 Å². The van der Waals surface area contributed by atoms with Crippen molar-refractivity contribution in [1.29, 1.82) is 0 Å². The van der Waals surface area contributed by atoms with Crippen molar-refractivity contribution >= 4 is 5.97 Å². The third kappa shape index (κ3) is 1.74. The van der Waals surface area contributed by atoms with E-state index in [1.165, 1.54) is 12.4 Å². The molecular weight excluding hydrogens is 198 g/mol. The van der Waals surface area contributed by atoms with E-state index in [9.17, 15) is 4.79 Å². The minimum Gasteiger partial charge on any atom is -0.475 e. The molecule has 0 aromatic carbocycles. The van der Waals surface area contributed by atoms with Gasteiger partial charge in [0.1, 0.15) is 24.5 Å². The summed E-state index contributed by atoms with van der Waals surface area (Å²) in [6.07, 6.45) is 2.96. The number of rotatable bonds is 3. The quantitative estimate of drug-likeness (QED) is 0.817. The van der Waals surface area contributed by atoms with Crippen LogP contribution in [0.25, 0.3) is 0 Å². The molecule has 0 radical (unpaired) electrons. The summed E-state index contributed by atoms with van der Waals surface area (Å²) >= 11 is 0. The molecule has 1 atom stereocenters. The molecule has 15 heavy (non-hydrogen) atoms. The zero-order chi connectivity index (χ0) is 10.8. The molecule has 6 nitrogen and oxygen atoms in total. The van der Waals surface area contributed by atoms with E-state index in [0.29, 0.717) is 5.76 Å². The second-order valence-corrected chi connectivity index (χ2v) is 3.06. The fraction of sp³-hybridized carbons (Fsp3) is 0.222. The van der Waals surface area contributed by atoms with E-state index < -0.39 is 5.97 Å². The van der Waals surface area contributed by atoms with Crippen LogP contribution in [-0.2, 0) is 0 Å². The minimum absolute atomic E-state index is 0.0723. The molecule has 0 spiro atoms. The average Bonchev–Trinajstić information content (AvgIpc) is 2.88. The van der Waals surface area contributed by atoms with Crippen LogP contribution >= 0.6 is 0 Å². The van der Waals surface area contributed by atoms with Gasteiger partial charge >= 0.3 is 5.97 Å². The predicted octanol–water partition coefficient (Wildman–Crippen LogP) is 1.18. The summed E-state index contributed by atoms with van der Waals surface area (Å²) in [6, 6.07) is 2.88. The molecule has 2 aromatic rings. The van der Waals surface area contributed by atoms with Crippen molar-refractivity contribution in [2.75, 3.05) is 0 Å². The SMILES string of the molecule is CC(c1ccc(C(=O)O)o1)n1cncn1. The fourth-order valence-corrected chi connectivity index (χ4v) is 1.24. The lowest BCUT2D eigenvalue weighted by Crippen LogP contribution is -2.06. The van der Waals surface area contributed by atoms with Gasteiger partial charge in [0.15, 0.2) is 0 Å². The third-order valence-electron chi connectivity index (χ3n) is 2.08. The fourth-order valence-electron chi connectivity index (χ4n) is 1.24. The molecule has 0 aliphatic heterocycles. The molecular formula is C9H9N3O3. The Morgan fingerprint density at radius 3 is 2.93 bits per heavy atom. The third-order valence-corrected chi connectivity index (χ3v) is 2.08. The first-order valence-corrected chi connectivity index (χ1v) is 4.35. The summed E-state index contributed by atoms with van der Waals surface area (Å²) < 4.78 is 6.73. The molecule has 0 bridgehead atoms. The molecule has 0 saturated carbocycles. The van der Waals surface area contributed by atoms with Crippen LogP contribution in [0.3, 0.4) is 0 Å². The van der Waals surface area contributed by atoms with E-state index in [2.05, 4.69) is 10.1 Å². The van der Waals surface area contributed by atoms with Crippen molar-refractivity contribution in [2.24, 2.45) is 0 Å². The number of carboxylic acids is 1. The number of furan rings is 1. The van der Waals surface area contributed by atoms with Crippen LogP contribution in [0.4, 0.5) is 0 Å². The predicted molar refractivity (Wildman–Crippen MR) is 49.5 cm³/mol. The Kier molecular flexibility index (Phi) is 2.24. The smallest absolute Gasteiger partial charge is 0.371 e. The van der Waals surface area contributed by atoms with E-state index >= 15 is 0 Å². The van der Waals surface area contributed by atoms with Crippen molar-refractivity contribution in [3.63, 3.8) is 0 Å². The highest BCUT2D eigenvalue weighted by atomic mass is 16.4. The van der Waals surface area contributed by atoms with Gasteiger partial charge in [-0.1, -0.05) is 0 Å². The lowest BCUT2D eigenvalue weighted by molar-refractivity contribution is 0.0659. The Hall–Kier alpha value is -2.11. The molecule has 2 heterocycles. The Labute approximate surface area is 85.2 Å². The van der Waals surface area contributed by atoms with Gasteiger partial charge in [-0.2, -0.15) is 5.10 Å². The normalized spacial score (nSPS) is 12.6. The number of carboxylic acid groups (broad SMARTS) is 1. The van der Waals surface area contributed by atoms with Crippen LogP contribution in [0.5, 0.6) is 0 Å². The lowest BCUT2D eigenvalue weighted by atomic mass is 10.3. The molecule has 1 N–H and O–H groups in total. The molecule has 2 aromatic heterocycles. The van der Waals surface area contributed by atoms with Gasteiger partial charge in [-0.15, -0.1) is 0 Å². The Morgan fingerprint density at radius 1 is 1.60 bits per heavy atom. The van der Waals surface area contributed by atoms with Gasteiger partial charge < -0.3 is 9.52 Å². The summed E-state index contributed by atoms with van der Waals surface area (Å²) in [6.45, 7) is 1.85. The summed E-state index contributed by atoms with van der Waals surface area (Å²) in [5, 5.41) is 12.6. The maximum Gasteiger partial charge on any atom is 0.371 e. The molecule has 1 unspecified atom stereocenters. The van der Waals surface area contributed by atoms with Crippen molar-refractivity contribution in [3.8, 4) is 0 Å². The van der Waals surface area contributed by atoms with Crippen LogP contribution in [0, 0.1) is 0 Å². The molecule has 0 fully saturated rings. The number of aromatic carboxylic acids is 1.